The molecule has 0 unspecified atom stereocenters. The van der Waals surface area contributed by atoms with Gasteiger partial charge in [-0.25, -0.2) is 0 Å². The van der Waals surface area contributed by atoms with Crippen LogP contribution in [0.5, 0.6) is 5.75 Å². The van der Waals surface area contributed by atoms with E-state index in [0.717, 1.165) is 28.1 Å². The fourth-order valence-corrected chi connectivity index (χ4v) is 4.29. The van der Waals surface area contributed by atoms with Crippen molar-refractivity contribution in [2.75, 3.05) is 11.9 Å². The number of fused-ring (bicyclic) bond motifs is 2. The Morgan fingerprint density at radius 3 is 2.53 bits per heavy atom. The Morgan fingerprint density at radius 2 is 1.74 bits per heavy atom. The van der Waals surface area contributed by atoms with Crippen LogP contribution in [0.1, 0.15) is 27.2 Å². The van der Waals surface area contributed by atoms with E-state index in [9.17, 15) is 4.79 Å². The van der Waals surface area contributed by atoms with Gasteiger partial charge in [0.2, 0.25) is 0 Å². The highest BCUT2D eigenvalue weighted by Crippen LogP contribution is 2.26. The normalized spacial score (nSPS) is 15.8. The molecule has 7 nitrogen and oxygen atoms in total. The molecule has 0 radical (unpaired) electrons. The van der Waals surface area contributed by atoms with Gasteiger partial charge in [0.05, 0.1) is 12.2 Å². The summed E-state index contributed by atoms with van der Waals surface area (Å²) in [6, 6.07) is 26.1. The van der Waals surface area contributed by atoms with E-state index in [0.29, 0.717) is 31.8 Å². The van der Waals surface area contributed by atoms with E-state index < -0.39 is 0 Å². The molecule has 34 heavy (non-hydrogen) atoms. The van der Waals surface area contributed by atoms with Crippen LogP contribution in [0.25, 0.3) is 0 Å². The lowest BCUT2D eigenvalue weighted by molar-refractivity contribution is 0.0585. The molecule has 1 aromatic heterocycles. The molecule has 172 valence electrons. The van der Waals surface area contributed by atoms with Gasteiger partial charge in [-0.05, 0) is 29.7 Å². The van der Waals surface area contributed by atoms with Crippen molar-refractivity contribution in [3.8, 4) is 5.75 Å². The zero-order chi connectivity index (χ0) is 23.3. The number of anilines is 1. The molecular weight excluding hydrogens is 426 g/mol. The van der Waals surface area contributed by atoms with Gasteiger partial charge < -0.3 is 15.0 Å². The van der Waals surface area contributed by atoms with Crippen LogP contribution in [0.4, 0.5) is 5.69 Å². The molecule has 0 bridgehead atoms. The van der Waals surface area contributed by atoms with Crippen LogP contribution in [-0.2, 0) is 26.6 Å². The number of carbonyl (C=O) groups is 1. The van der Waals surface area contributed by atoms with Crippen LogP contribution < -0.4 is 10.1 Å². The first kappa shape index (κ1) is 21.7. The second-order valence-corrected chi connectivity index (χ2v) is 8.48. The number of ether oxygens (including phenoxy) is 1. The van der Waals surface area contributed by atoms with Crippen molar-refractivity contribution >= 4 is 11.6 Å². The van der Waals surface area contributed by atoms with Crippen LogP contribution in [-0.4, -0.2) is 38.4 Å². The van der Waals surface area contributed by atoms with Gasteiger partial charge in [0.1, 0.15) is 12.4 Å². The summed E-state index contributed by atoms with van der Waals surface area (Å²) in [7, 11) is 1.76. The van der Waals surface area contributed by atoms with Crippen molar-refractivity contribution in [3.05, 3.63) is 107 Å². The number of nitrogens with one attached hydrogen (secondary N) is 1. The lowest BCUT2D eigenvalue weighted by atomic mass is 10.0. The average Bonchev–Trinajstić information content (AvgIpc) is 3.30. The van der Waals surface area contributed by atoms with Crippen LogP contribution in [0, 0.1) is 0 Å². The minimum absolute atomic E-state index is 0.167. The standard InChI is InChI=1S/C27H27N5O2/c1-31-18-25(29-30-31)27(33)32-17-22-12-5-7-13-24(22)28-16-21-11-6-8-14-26(21)34-19-23(32)15-20-9-3-2-4-10-20/h2-14,18,23,28H,15-17,19H2,1H3/t23-/m0/s1. The third kappa shape index (κ3) is 4.78. The van der Waals surface area contributed by atoms with E-state index in [1.165, 1.54) is 0 Å². The third-order valence-corrected chi connectivity index (χ3v) is 6.07. The number of benzene rings is 3. The zero-order valence-corrected chi connectivity index (χ0v) is 19.1. The highest BCUT2D eigenvalue weighted by Gasteiger charge is 2.29. The first-order valence-electron chi connectivity index (χ1n) is 11.4. The van der Waals surface area contributed by atoms with Crippen LogP contribution >= 0.6 is 0 Å². The quantitative estimate of drug-likeness (QED) is 0.506. The van der Waals surface area contributed by atoms with E-state index in [-0.39, 0.29) is 11.9 Å². The summed E-state index contributed by atoms with van der Waals surface area (Å²) >= 11 is 0. The molecule has 1 N–H and O–H groups in total. The van der Waals surface area contributed by atoms with Gasteiger partial charge >= 0.3 is 0 Å². The Labute approximate surface area is 199 Å². The summed E-state index contributed by atoms with van der Waals surface area (Å²) in [4.78, 5) is 15.6. The second-order valence-electron chi connectivity index (χ2n) is 8.48. The summed E-state index contributed by atoms with van der Waals surface area (Å²) < 4.78 is 7.90. The summed E-state index contributed by atoms with van der Waals surface area (Å²) in [5.41, 5.74) is 4.57. The smallest absolute Gasteiger partial charge is 0.276 e. The highest BCUT2D eigenvalue weighted by molar-refractivity contribution is 5.92. The third-order valence-electron chi connectivity index (χ3n) is 6.07. The predicted molar refractivity (Wildman–Crippen MR) is 131 cm³/mol. The Bertz CT molecular complexity index is 1270. The number of nitrogens with zero attached hydrogens (tertiary/aromatic N) is 4. The molecule has 0 aliphatic carbocycles. The van der Waals surface area contributed by atoms with Gasteiger partial charge in [0.25, 0.3) is 5.91 Å². The topological polar surface area (TPSA) is 72.3 Å². The van der Waals surface area contributed by atoms with Gasteiger partial charge in [-0.2, -0.15) is 0 Å². The maximum atomic E-state index is 13.8. The lowest BCUT2D eigenvalue weighted by Gasteiger charge is -2.32. The van der Waals surface area contributed by atoms with Gasteiger partial charge in [0.15, 0.2) is 5.69 Å². The largest absolute Gasteiger partial charge is 0.491 e. The molecule has 3 aromatic carbocycles. The monoisotopic (exact) mass is 453 g/mol. The zero-order valence-electron chi connectivity index (χ0n) is 19.1. The summed E-state index contributed by atoms with van der Waals surface area (Å²) in [6.07, 6.45) is 2.32. The summed E-state index contributed by atoms with van der Waals surface area (Å²) in [6.45, 7) is 1.42. The fraction of sp³-hybridized carbons (Fsp3) is 0.222. The molecular formula is C27H27N5O2. The molecule has 7 heteroatoms. The van der Waals surface area contributed by atoms with Gasteiger partial charge in [-0.15, -0.1) is 5.10 Å². The van der Waals surface area contributed by atoms with E-state index in [1.807, 2.05) is 59.5 Å². The minimum atomic E-state index is -0.212. The molecule has 5 rings (SSSR count). The number of para-hydroxylation sites is 2. The molecule has 1 atom stereocenters. The molecule has 1 aliphatic rings. The molecule has 1 amide bonds. The molecule has 0 spiro atoms. The first-order chi connectivity index (χ1) is 16.7. The Kier molecular flexibility index (Phi) is 6.25. The van der Waals surface area contributed by atoms with Gasteiger partial charge in [-0.1, -0.05) is 71.9 Å². The Morgan fingerprint density at radius 1 is 1.00 bits per heavy atom. The van der Waals surface area contributed by atoms with Crippen molar-refractivity contribution in [1.29, 1.82) is 0 Å². The number of carbonyl (C=O) groups excluding carboxylic acids is 1. The molecule has 0 fully saturated rings. The van der Waals surface area contributed by atoms with Crippen molar-refractivity contribution in [1.82, 2.24) is 19.9 Å². The molecule has 1 aliphatic heterocycles. The maximum absolute atomic E-state index is 13.8. The second kappa shape index (κ2) is 9.79. The number of hydrogen-bond donors (Lipinski definition) is 1. The van der Waals surface area contributed by atoms with Crippen molar-refractivity contribution in [2.45, 2.75) is 25.6 Å². The van der Waals surface area contributed by atoms with E-state index in [2.05, 4.69) is 39.9 Å². The van der Waals surface area contributed by atoms with Gasteiger partial charge in [0, 0.05) is 31.4 Å². The first-order valence-corrected chi connectivity index (χ1v) is 11.4. The summed E-state index contributed by atoms with van der Waals surface area (Å²) in [5, 5.41) is 11.6. The van der Waals surface area contributed by atoms with Crippen LogP contribution in [0.15, 0.2) is 85.1 Å². The minimum Gasteiger partial charge on any atom is -0.491 e. The SMILES string of the molecule is Cn1cc(C(=O)N2Cc3ccccc3NCc3ccccc3OC[C@@H]2Cc2ccccc2)nn1. The van der Waals surface area contributed by atoms with Crippen molar-refractivity contribution in [2.24, 2.45) is 7.05 Å². The predicted octanol–water partition coefficient (Wildman–Crippen LogP) is 4.07. The number of aryl methyl sites for hydroxylation is 1. The molecule has 2 heterocycles. The summed E-state index contributed by atoms with van der Waals surface area (Å²) in [5.74, 6) is 0.652. The van der Waals surface area contributed by atoms with Crippen LogP contribution in [0.3, 0.4) is 0 Å². The Balaban J connectivity index is 1.58. The number of rotatable bonds is 3. The van der Waals surface area contributed by atoms with E-state index in [4.69, 9.17) is 4.74 Å². The van der Waals surface area contributed by atoms with E-state index >= 15 is 0 Å². The highest BCUT2D eigenvalue weighted by atomic mass is 16.5. The maximum Gasteiger partial charge on any atom is 0.276 e. The van der Waals surface area contributed by atoms with Crippen molar-refractivity contribution in [3.63, 3.8) is 0 Å². The molecule has 4 aromatic rings. The van der Waals surface area contributed by atoms with Gasteiger partial charge in [-0.3, -0.25) is 9.48 Å². The number of amides is 1. The van der Waals surface area contributed by atoms with Crippen LogP contribution in [0.2, 0.25) is 0 Å². The lowest BCUT2D eigenvalue weighted by Crippen LogP contribution is -2.44. The average molecular weight is 454 g/mol. The fourth-order valence-electron chi connectivity index (χ4n) is 4.29. The number of aromatic nitrogens is 3. The molecule has 0 saturated heterocycles. The van der Waals surface area contributed by atoms with E-state index in [1.54, 1.807) is 17.9 Å². The number of hydrogen-bond acceptors (Lipinski definition) is 5. The Hall–Kier alpha value is -4.13. The molecule has 0 saturated carbocycles. The van der Waals surface area contributed by atoms with Crippen molar-refractivity contribution < 1.29 is 9.53 Å².